The molecule has 0 radical (unpaired) electrons. The highest BCUT2D eigenvalue weighted by Gasteiger charge is 2.46. The number of carbonyl (C=O) groups is 3. The summed E-state index contributed by atoms with van der Waals surface area (Å²) in [6.45, 7) is 0.590. The maximum absolute atomic E-state index is 12.7. The molecule has 2 aromatic carbocycles. The van der Waals surface area contributed by atoms with Crippen LogP contribution in [0.4, 0.5) is 4.79 Å². The van der Waals surface area contributed by atoms with Crippen LogP contribution in [0.5, 0.6) is 0 Å². The maximum Gasteiger partial charge on any atom is 0.407 e. The van der Waals surface area contributed by atoms with Crippen LogP contribution in [0, 0.1) is 5.92 Å². The number of alkyl carbamates (subject to hydrolysis) is 1. The standard InChI is InChI=1S/C26H28N2O7/c29-23(28-10-9-26(33,15-28)24(30)31)16-11-17(34-13-16)12-27-25(32)35-14-22-20-7-3-1-5-18(20)19-6-2-4-8-21(19)22/h1-8,16-17,22,33H,9-15H2,(H,27,32)(H,30,31)/t16-,17-,26?/m0/s1. The van der Waals surface area contributed by atoms with Gasteiger partial charge >= 0.3 is 12.1 Å². The SMILES string of the molecule is O=C(NC[C@@H]1C[C@H](C(=O)N2CCC(O)(C(=O)O)C2)CO1)OCC1c2ccccc2-c2ccccc21. The van der Waals surface area contributed by atoms with Crippen molar-refractivity contribution >= 4 is 18.0 Å². The van der Waals surface area contributed by atoms with Gasteiger partial charge in [-0.05, 0) is 28.7 Å². The Morgan fingerprint density at radius 3 is 2.37 bits per heavy atom. The number of carboxylic acids is 1. The van der Waals surface area contributed by atoms with Crippen LogP contribution in [0.2, 0.25) is 0 Å². The molecule has 1 aliphatic carbocycles. The number of carbonyl (C=O) groups excluding carboxylic acids is 2. The Labute approximate surface area is 202 Å². The summed E-state index contributed by atoms with van der Waals surface area (Å²) in [7, 11) is 0. The zero-order chi connectivity index (χ0) is 24.6. The Morgan fingerprint density at radius 2 is 1.74 bits per heavy atom. The minimum absolute atomic E-state index is 0.00835. The van der Waals surface area contributed by atoms with Crippen LogP contribution in [-0.2, 0) is 19.1 Å². The summed E-state index contributed by atoms with van der Waals surface area (Å²) < 4.78 is 11.2. The molecule has 9 heteroatoms. The molecule has 3 aliphatic rings. The highest BCUT2D eigenvalue weighted by molar-refractivity contribution is 5.83. The quantitative estimate of drug-likeness (QED) is 0.577. The molecule has 0 aromatic heterocycles. The highest BCUT2D eigenvalue weighted by Crippen LogP contribution is 2.44. The predicted molar refractivity (Wildman–Crippen MR) is 125 cm³/mol. The molecule has 2 fully saturated rings. The second-order valence-electron chi connectivity index (χ2n) is 9.44. The molecular weight excluding hydrogens is 452 g/mol. The van der Waals surface area contributed by atoms with Gasteiger partial charge in [0.05, 0.1) is 25.2 Å². The third-order valence-corrected chi connectivity index (χ3v) is 7.21. The van der Waals surface area contributed by atoms with Crippen molar-refractivity contribution in [2.75, 3.05) is 32.8 Å². The van der Waals surface area contributed by atoms with Crippen molar-refractivity contribution in [3.8, 4) is 11.1 Å². The summed E-state index contributed by atoms with van der Waals surface area (Å²) in [4.78, 5) is 37.7. The lowest BCUT2D eigenvalue weighted by Gasteiger charge is -2.21. The van der Waals surface area contributed by atoms with Gasteiger partial charge < -0.3 is 29.9 Å². The lowest BCUT2D eigenvalue weighted by Crippen LogP contribution is -2.44. The van der Waals surface area contributed by atoms with Crippen molar-refractivity contribution < 1.29 is 34.1 Å². The second kappa shape index (κ2) is 9.31. The van der Waals surface area contributed by atoms with Gasteiger partial charge in [0.15, 0.2) is 5.60 Å². The summed E-state index contributed by atoms with van der Waals surface area (Å²) in [5, 5.41) is 22.0. The van der Waals surface area contributed by atoms with Gasteiger partial charge in [-0.1, -0.05) is 48.5 Å². The first-order valence-electron chi connectivity index (χ1n) is 11.8. The maximum atomic E-state index is 12.7. The molecule has 5 rings (SSSR count). The first kappa shape index (κ1) is 23.3. The number of aliphatic carboxylic acids is 1. The molecule has 2 saturated heterocycles. The van der Waals surface area contributed by atoms with E-state index in [4.69, 9.17) is 14.6 Å². The van der Waals surface area contributed by atoms with E-state index >= 15 is 0 Å². The van der Waals surface area contributed by atoms with Gasteiger partial charge in [0.25, 0.3) is 0 Å². The van der Waals surface area contributed by atoms with Gasteiger partial charge in [-0.3, -0.25) is 4.79 Å². The topological polar surface area (TPSA) is 125 Å². The van der Waals surface area contributed by atoms with Gasteiger partial charge in [-0.2, -0.15) is 0 Å². The Hall–Kier alpha value is -3.43. The van der Waals surface area contributed by atoms with Crippen molar-refractivity contribution in [1.29, 1.82) is 0 Å². The number of nitrogens with one attached hydrogen (secondary N) is 1. The minimum Gasteiger partial charge on any atom is -0.479 e. The summed E-state index contributed by atoms with van der Waals surface area (Å²) in [6.07, 6.45) is -0.472. The van der Waals surface area contributed by atoms with Crippen molar-refractivity contribution in [2.24, 2.45) is 5.92 Å². The number of hydrogen-bond donors (Lipinski definition) is 3. The Balaban J connectivity index is 1.10. The van der Waals surface area contributed by atoms with Crippen LogP contribution in [0.15, 0.2) is 48.5 Å². The molecule has 0 bridgehead atoms. The Morgan fingerprint density at radius 1 is 1.09 bits per heavy atom. The molecule has 2 aliphatic heterocycles. The highest BCUT2D eigenvalue weighted by atomic mass is 16.5. The number of amides is 2. The number of benzene rings is 2. The van der Waals surface area contributed by atoms with E-state index < -0.39 is 23.6 Å². The van der Waals surface area contributed by atoms with Gasteiger partial charge in [0.2, 0.25) is 5.91 Å². The van der Waals surface area contributed by atoms with E-state index in [-0.39, 0.29) is 57.2 Å². The molecule has 3 atom stereocenters. The average Bonchev–Trinajstić information content (AvgIpc) is 3.58. The first-order chi connectivity index (χ1) is 16.9. The van der Waals surface area contributed by atoms with E-state index in [2.05, 4.69) is 29.6 Å². The van der Waals surface area contributed by atoms with Gasteiger partial charge in [-0.25, -0.2) is 9.59 Å². The van der Waals surface area contributed by atoms with E-state index in [9.17, 15) is 19.5 Å². The molecule has 184 valence electrons. The second-order valence-corrected chi connectivity index (χ2v) is 9.44. The normalized spacial score (nSPS) is 25.2. The number of hydrogen-bond acceptors (Lipinski definition) is 6. The zero-order valence-corrected chi connectivity index (χ0v) is 19.2. The smallest absolute Gasteiger partial charge is 0.407 e. The van der Waals surface area contributed by atoms with E-state index in [0.717, 1.165) is 22.3 Å². The van der Waals surface area contributed by atoms with Crippen molar-refractivity contribution in [1.82, 2.24) is 10.2 Å². The summed E-state index contributed by atoms with van der Waals surface area (Å²) in [5.74, 6) is -2.00. The van der Waals surface area contributed by atoms with Crippen molar-refractivity contribution in [3.63, 3.8) is 0 Å². The first-order valence-corrected chi connectivity index (χ1v) is 11.8. The van der Waals surface area contributed by atoms with E-state index in [0.29, 0.717) is 6.42 Å². The predicted octanol–water partition coefficient (Wildman–Crippen LogP) is 1.98. The molecule has 2 amide bonds. The monoisotopic (exact) mass is 480 g/mol. The van der Waals surface area contributed by atoms with E-state index in [1.165, 1.54) is 4.90 Å². The van der Waals surface area contributed by atoms with Crippen LogP contribution >= 0.6 is 0 Å². The molecule has 9 nitrogen and oxygen atoms in total. The number of β-amino-alcohol motifs (C(OH)–C–C–N with tert-alkyl or cyclic N) is 1. The number of nitrogens with zero attached hydrogens (tertiary/aromatic N) is 1. The van der Waals surface area contributed by atoms with Crippen LogP contribution in [-0.4, -0.2) is 77.6 Å². The average molecular weight is 481 g/mol. The Bertz CT molecular complexity index is 1110. The zero-order valence-electron chi connectivity index (χ0n) is 19.2. The number of rotatable bonds is 6. The molecule has 0 spiro atoms. The molecule has 3 N–H and O–H groups in total. The number of ether oxygens (including phenoxy) is 2. The van der Waals surface area contributed by atoms with E-state index in [1.807, 2.05) is 24.3 Å². The number of aliphatic hydroxyl groups is 1. The van der Waals surface area contributed by atoms with Gasteiger partial charge in [-0.15, -0.1) is 0 Å². The van der Waals surface area contributed by atoms with Crippen LogP contribution in [0.25, 0.3) is 11.1 Å². The number of likely N-dealkylation sites (tertiary alicyclic amines) is 1. The summed E-state index contributed by atoms with van der Waals surface area (Å²) in [6, 6.07) is 16.2. The van der Waals surface area contributed by atoms with Crippen molar-refractivity contribution in [3.05, 3.63) is 59.7 Å². The fourth-order valence-corrected chi connectivity index (χ4v) is 5.28. The van der Waals surface area contributed by atoms with Crippen LogP contribution in [0.3, 0.4) is 0 Å². The number of fused-ring (bicyclic) bond motifs is 3. The minimum atomic E-state index is -1.89. The lowest BCUT2D eigenvalue weighted by molar-refractivity contribution is -0.157. The molecule has 0 saturated carbocycles. The summed E-state index contributed by atoms with van der Waals surface area (Å²) >= 11 is 0. The molecule has 2 aromatic rings. The third-order valence-electron chi connectivity index (χ3n) is 7.21. The van der Waals surface area contributed by atoms with Crippen molar-refractivity contribution in [2.45, 2.75) is 30.5 Å². The van der Waals surface area contributed by atoms with Gasteiger partial charge in [0.1, 0.15) is 6.61 Å². The van der Waals surface area contributed by atoms with Crippen LogP contribution < -0.4 is 5.32 Å². The Kier molecular flexibility index (Phi) is 6.21. The molecular formula is C26H28N2O7. The fourth-order valence-electron chi connectivity index (χ4n) is 5.28. The molecule has 2 heterocycles. The van der Waals surface area contributed by atoms with Gasteiger partial charge in [0, 0.05) is 25.4 Å². The third kappa shape index (κ3) is 4.49. The van der Waals surface area contributed by atoms with E-state index in [1.54, 1.807) is 0 Å². The summed E-state index contributed by atoms with van der Waals surface area (Å²) in [5.41, 5.74) is 2.71. The largest absolute Gasteiger partial charge is 0.479 e. The molecule has 1 unspecified atom stereocenters. The number of carboxylic acid groups (broad SMARTS) is 1. The lowest BCUT2D eigenvalue weighted by atomic mass is 9.98. The van der Waals surface area contributed by atoms with Crippen LogP contribution in [0.1, 0.15) is 29.9 Å². The fraction of sp³-hybridized carbons (Fsp3) is 0.423. The molecule has 35 heavy (non-hydrogen) atoms.